The second kappa shape index (κ2) is 7.25. The maximum Gasteiger partial charge on any atom is 0.416 e. The van der Waals surface area contributed by atoms with Gasteiger partial charge in [-0.1, -0.05) is 56.9 Å². The van der Waals surface area contributed by atoms with Crippen LogP contribution in [0.25, 0.3) is 0 Å². The minimum Gasteiger partial charge on any atom is -0.447 e. The van der Waals surface area contributed by atoms with Crippen molar-refractivity contribution >= 4 is 12.0 Å². The lowest BCUT2D eigenvalue weighted by molar-refractivity contribution is -0.133. The third-order valence-electron chi connectivity index (χ3n) is 3.66. The Balaban J connectivity index is 2.18. The summed E-state index contributed by atoms with van der Waals surface area (Å²) in [5.41, 5.74) is 0.970. The fraction of sp³-hybridized carbons (Fsp3) is 0.529. The molecule has 0 bridgehead atoms. The van der Waals surface area contributed by atoms with E-state index >= 15 is 0 Å². The first-order chi connectivity index (χ1) is 11.3. The quantitative estimate of drug-likeness (QED) is 0.807. The number of hydrogen-bond donors (Lipinski definition) is 0. The van der Waals surface area contributed by atoms with Crippen LogP contribution in [0.3, 0.4) is 0 Å². The molecule has 1 aromatic rings. The number of nitrogens with zero attached hydrogens (tertiary/aromatic N) is 1. The lowest BCUT2D eigenvalue weighted by Gasteiger charge is -2.23. The lowest BCUT2D eigenvalue weighted by atomic mass is 10.0. The normalized spacial score (nSPS) is 22.1. The summed E-state index contributed by atoms with van der Waals surface area (Å²) in [5, 5.41) is 0. The molecule has 0 aromatic heterocycles. The average molecular weight is 292 g/mol. The highest BCUT2D eigenvalue weighted by Gasteiger charge is 2.39. The van der Waals surface area contributed by atoms with Crippen molar-refractivity contribution in [3.8, 4) is 0 Å². The Kier molecular flexibility index (Phi) is 4.07. The summed E-state index contributed by atoms with van der Waals surface area (Å²) in [5.74, 6) is -1.81. The first kappa shape index (κ1) is 11.8. The summed E-state index contributed by atoms with van der Waals surface area (Å²) in [6.45, 7) is -0.392. The van der Waals surface area contributed by atoms with E-state index in [0.29, 0.717) is 12.8 Å². The Labute approximate surface area is 130 Å². The van der Waals surface area contributed by atoms with E-state index in [1.165, 1.54) is 0 Å². The molecule has 4 nitrogen and oxygen atoms in total. The molecule has 2 amide bonds. The van der Waals surface area contributed by atoms with E-state index in [0.717, 1.165) is 16.9 Å². The molecular formula is C17H23NO3. The summed E-state index contributed by atoms with van der Waals surface area (Å²) in [6.07, 6.45) is 1.37. The Bertz CT molecular complexity index is 574. The second-order valence-corrected chi connectivity index (χ2v) is 5.32. The average Bonchev–Trinajstić information content (AvgIpc) is 2.88. The van der Waals surface area contributed by atoms with Crippen LogP contribution in [-0.2, 0) is 16.0 Å². The molecule has 0 aliphatic carbocycles. The predicted octanol–water partition coefficient (Wildman–Crippen LogP) is 3.40. The van der Waals surface area contributed by atoms with Gasteiger partial charge < -0.3 is 4.74 Å². The Hall–Kier alpha value is -1.84. The second-order valence-electron chi connectivity index (χ2n) is 5.32. The molecule has 1 aliphatic heterocycles. The van der Waals surface area contributed by atoms with Gasteiger partial charge in [0, 0.05) is 10.0 Å². The van der Waals surface area contributed by atoms with Crippen LogP contribution in [0.15, 0.2) is 30.3 Å². The molecule has 4 heteroatoms. The smallest absolute Gasteiger partial charge is 0.416 e. The first-order valence-electron chi connectivity index (χ1n) is 8.88. The van der Waals surface area contributed by atoms with E-state index in [1.807, 2.05) is 37.3 Å². The van der Waals surface area contributed by atoms with Crippen LogP contribution in [0.2, 0.25) is 0 Å². The van der Waals surface area contributed by atoms with E-state index in [2.05, 4.69) is 0 Å². The summed E-state index contributed by atoms with van der Waals surface area (Å²) in [6, 6.07) is 9.00. The standard InChI is InChI=1S/C17H23NO3/c1-3-4-8-13(2)16(19)18-15(12-21-17(18)20)11-14-9-6-5-7-10-14/h5-7,9-10,13,15H,3-4,8,11-12H2,1-2H3/t13-,15+/m1/s1/i2D3. The molecule has 1 fully saturated rings. The number of carbonyl (C=O) groups is 2. The minimum atomic E-state index is -2.42. The van der Waals surface area contributed by atoms with Gasteiger partial charge >= 0.3 is 6.09 Å². The highest BCUT2D eigenvalue weighted by molar-refractivity contribution is 5.94. The molecule has 0 N–H and O–H groups in total. The van der Waals surface area contributed by atoms with Crippen LogP contribution in [0.4, 0.5) is 4.79 Å². The van der Waals surface area contributed by atoms with E-state index in [1.54, 1.807) is 0 Å². The zero-order chi connectivity index (χ0) is 17.7. The molecule has 2 rings (SSSR count). The molecule has 114 valence electrons. The van der Waals surface area contributed by atoms with Gasteiger partial charge in [-0.15, -0.1) is 0 Å². The van der Waals surface area contributed by atoms with E-state index < -0.39 is 30.8 Å². The predicted molar refractivity (Wildman–Crippen MR) is 80.8 cm³/mol. The monoisotopic (exact) mass is 292 g/mol. The largest absolute Gasteiger partial charge is 0.447 e. The summed E-state index contributed by atoms with van der Waals surface area (Å²) in [4.78, 5) is 25.8. The van der Waals surface area contributed by atoms with Crippen molar-refractivity contribution in [2.45, 2.75) is 45.5 Å². The molecular weight excluding hydrogens is 266 g/mol. The zero-order valence-corrected chi connectivity index (χ0v) is 12.2. The maximum absolute atomic E-state index is 12.8. The summed E-state index contributed by atoms with van der Waals surface area (Å²) < 4.78 is 28.0. The highest BCUT2D eigenvalue weighted by atomic mass is 16.6. The van der Waals surface area contributed by atoms with Crippen LogP contribution in [-0.4, -0.2) is 29.5 Å². The number of benzene rings is 1. The van der Waals surface area contributed by atoms with Crippen molar-refractivity contribution in [1.29, 1.82) is 0 Å². The van der Waals surface area contributed by atoms with Crippen LogP contribution >= 0.6 is 0 Å². The minimum absolute atomic E-state index is 0.0982. The van der Waals surface area contributed by atoms with Crippen molar-refractivity contribution in [2.75, 3.05) is 6.61 Å². The first-order valence-corrected chi connectivity index (χ1v) is 7.38. The van der Waals surface area contributed by atoms with Gasteiger partial charge in [0.1, 0.15) is 6.61 Å². The van der Waals surface area contributed by atoms with Gasteiger partial charge in [-0.2, -0.15) is 0 Å². The Morgan fingerprint density at radius 3 is 2.90 bits per heavy atom. The van der Waals surface area contributed by atoms with Crippen molar-refractivity contribution < 1.29 is 18.4 Å². The highest BCUT2D eigenvalue weighted by Crippen LogP contribution is 2.21. The third-order valence-corrected chi connectivity index (χ3v) is 3.66. The van der Waals surface area contributed by atoms with E-state index in [-0.39, 0.29) is 13.0 Å². The van der Waals surface area contributed by atoms with Crippen molar-refractivity contribution in [3.05, 3.63) is 35.9 Å². The number of ether oxygens (including phenoxy) is 1. The van der Waals surface area contributed by atoms with E-state index in [9.17, 15) is 9.59 Å². The third kappa shape index (κ3) is 3.84. The summed E-state index contributed by atoms with van der Waals surface area (Å²) >= 11 is 0. The molecule has 0 spiro atoms. The molecule has 1 heterocycles. The van der Waals surface area contributed by atoms with Gasteiger partial charge in [0.25, 0.3) is 0 Å². The number of imide groups is 1. The fourth-order valence-corrected chi connectivity index (χ4v) is 2.47. The molecule has 21 heavy (non-hydrogen) atoms. The Morgan fingerprint density at radius 2 is 2.24 bits per heavy atom. The van der Waals surface area contributed by atoms with Crippen LogP contribution in [0.1, 0.15) is 42.7 Å². The molecule has 0 unspecified atom stereocenters. The van der Waals surface area contributed by atoms with Gasteiger partial charge in [-0.05, 0) is 18.4 Å². The topological polar surface area (TPSA) is 46.6 Å². The SMILES string of the molecule is [2H]C([2H])([2H])[C@H](CCCC)C(=O)N1C(=O)OC[C@@H]1Cc1ccccc1. The van der Waals surface area contributed by atoms with Crippen molar-refractivity contribution in [3.63, 3.8) is 0 Å². The van der Waals surface area contributed by atoms with Gasteiger partial charge in [-0.25, -0.2) is 9.69 Å². The number of rotatable bonds is 6. The van der Waals surface area contributed by atoms with E-state index in [4.69, 9.17) is 8.85 Å². The molecule has 1 aliphatic rings. The van der Waals surface area contributed by atoms with Crippen LogP contribution in [0.5, 0.6) is 0 Å². The number of amides is 2. The van der Waals surface area contributed by atoms with Crippen LogP contribution < -0.4 is 0 Å². The van der Waals surface area contributed by atoms with Crippen LogP contribution in [0, 0.1) is 5.92 Å². The lowest BCUT2D eigenvalue weighted by Crippen LogP contribution is -2.43. The molecule has 0 saturated carbocycles. The van der Waals surface area contributed by atoms with Gasteiger partial charge in [0.2, 0.25) is 5.91 Å². The van der Waals surface area contributed by atoms with Gasteiger partial charge in [0.15, 0.2) is 0 Å². The number of hydrogen-bond acceptors (Lipinski definition) is 3. The van der Waals surface area contributed by atoms with Crippen molar-refractivity contribution in [1.82, 2.24) is 4.90 Å². The number of unbranched alkanes of at least 4 members (excludes halogenated alkanes) is 1. The number of carbonyl (C=O) groups excluding carboxylic acids is 2. The molecule has 2 atom stereocenters. The molecule has 1 saturated heterocycles. The Morgan fingerprint density at radius 1 is 1.48 bits per heavy atom. The molecule has 0 radical (unpaired) electrons. The summed E-state index contributed by atoms with van der Waals surface area (Å²) in [7, 11) is 0. The maximum atomic E-state index is 12.8. The molecule has 1 aromatic carbocycles. The van der Waals surface area contributed by atoms with Crippen molar-refractivity contribution in [2.24, 2.45) is 5.92 Å². The fourth-order valence-electron chi connectivity index (χ4n) is 2.47. The van der Waals surface area contributed by atoms with Gasteiger partial charge in [0.05, 0.1) is 6.04 Å². The zero-order valence-electron chi connectivity index (χ0n) is 15.2. The number of cyclic esters (lactones) is 1. The van der Waals surface area contributed by atoms with Gasteiger partial charge in [-0.3, -0.25) is 4.79 Å².